The topological polar surface area (TPSA) is 64.2 Å². The molecule has 1 fully saturated rings. The summed E-state index contributed by atoms with van der Waals surface area (Å²) in [5.41, 5.74) is 13.1. The lowest BCUT2D eigenvalue weighted by atomic mass is 9.96. The summed E-state index contributed by atoms with van der Waals surface area (Å²) in [6, 6.07) is 26.2. The first kappa shape index (κ1) is 18.0. The Morgan fingerprint density at radius 2 is 1.58 bits per heavy atom. The lowest BCUT2D eigenvalue weighted by molar-refractivity contribution is 0.0704. The van der Waals surface area contributed by atoms with Crippen LogP contribution in [0, 0.1) is 0 Å². The standard InChI is InChI=1S/C26H22N4O/c1-29-25(31)24-16-22(18-5-3-2-4-6-18)28-30(24)23-15-19(17-7-10-20(27)11-8-17)9-12-21(23)26(29)13-14-26/h2-12,15-16H,13-14,27H2,1H3. The second-order valence-electron chi connectivity index (χ2n) is 8.44. The zero-order valence-corrected chi connectivity index (χ0v) is 17.2. The van der Waals surface area contributed by atoms with Gasteiger partial charge in [0.2, 0.25) is 0 Å². The lowest BCUT2D eigenvalue weighted by Crippen LogP contribution is -2.36. The molecule has 3 aromatic carbocycles. The van der Waals surface area contributed by atoms with Crippen molar-refractivity contribution in [3.05, 3.63) is 90.1 Å². The van der Waals surface area contributed by atoms with Crippen LogP contribution in [-0.2, 0) is 5.54 Å². The Hall–Kier alpha value is -3.86. The third-order valence-corrected chi connectivity index (χ3v) is 6.64. The average Bonchev–Trinajstić information content (AvgIpc) is 3.50. The molecule has 1 spiro atoms. The average molecular weight is 406 g/mol. The number of amides is 1. The van der Waals surface area contributed by atoms with Gasteiger partial charge in [0.15, 0.2) is 0 Å². The third kappa shape index (κ3) is 2.63. The molecule has 0 radical (unpaired) electrons. The smallest absolute Gasteiger partial charge is 0.273 e. The van der Waals surface area contributed by atoms with E-state index in [1.165, 1.54) is 0 Å². The van der Waals surface area contributed by atoms with Crippen molar-refractivity contribution >= 4 is 11.6 Å². The van der Waals surface area contributed by atoms with E-state index in [0.717, 1.165) is 52.2 Å². The van der Waals surface area contributed by atoms with Gasteiger partial charge in [-0.25, -0.2) is 4.68 Å². The van der Waals surface area contributed by atoms with Gasteiger partial charge in [-0.2, -0.15) is 5.10 Å². The minimum Gasteiger partial charge on any atom is -0.399 e. The van der Waals surface area contributed by atoms with Gasteiger partial charge < -0.3 is 10.6 Å². The molecule has 1 aliphatic heterocycles. The van der Waals surface area contributed by atoms with E-state index in [1.807, 2.05) is 77.3 Å². The van der Waals surface area contributed by atoms with E-state index in [-0.39, 0.29) is 11.4 Å². The quantitative estimate of drug-likeness (QED) is 0.484. The van der Waals surface area contributed by atoms with Crippen LogP contribution in [-0.4, -0.2) is 27.6 Å². The summed E-state index contributed by atoms with van der Waals surface area (Å²) in [5, 5.41) is 4.90. The predicted molar refractivity (Wildman–Crippen MR) is 122 cm³/mol. The van der Waals surface area contributed by atoms with Gasteiger partial charge in [-0.3, -0.25) is 4.79 Å². The number of hydrogen-bond acceptors (Lipinski definition) is 3. The fraction of sp³-hybridized carbons (Fsp3) is 0.154. The van der Waals surface area contributed by atoms with E-state index >= 15 is 0 Å². The first-order valence-electron chi connectivity index (χ1n) is 10.5. The Morgan fingerprint density at radius 1 is 0.871 bits per heavy atom. The molecule has 6 rings (SSSR count). The highest BCUT2D eigenvalue weighted by Gasteiger charge is 2.53. The number of rotatable bonds is 2. The molecule has 5 nitrogen and oxygen atoms in total. The maximum absolute atomic E-state index is 13.4. The van der Waals surface area contributed by atoms with E-state index in [0.29, 0.717) is 5.69 Å². The van der Waals surface area contributed by atoms with Crippen molar-refractivity contribution in [3.63, 3.8) is 0 Å². The van der Waals surface area contributed by atoms with Gasteiger partial charge in [0.25, 0.3) is 5.91 Å². The van der Waals surface area contributed by atoms with E-state index in [9.17, 15) is 4.79 Å². The summed E-state index contributed by atoms with van der Waals surface area (Å²) in [6.07, 6.45) is 1.94. The Bertz CT molecular complexity index is 1320. The highest BCUT2D eigenvalue weighted by Crippen LogP contribution is 2.54. The second kappa shape index (κ2) is 6.32. The van der Waals surface area contributed by atoms with Crippen molar-refractivity contribution in [1.29, 1.82) is 0 Å². The zero-order valence-electron chi connectivity index (χ0n) is 17.2. The van der Waals surface area contributed by atoms with Crippen LogP contribution >= 0.6 is 0 Å². The molecule has 152 valence electrons. The number of carbonyl (C=O) groups is 1. The minimum absolute atomic E-state index is 0.0115. The maximum Gasteiger partial charge on any atom is 0.273 e. The Labute approximate surface area is 180 Å². The number of nitrogen functional groups attached to an aromatic ring is 1. The molecule has 31 heavy (non-hydrogen) atoms. The van der Waals surface area contributed by atoms with Gasteiger partial charge in [-0.15, -0.1) is 0 Å². The maximum atomic E-state index is 13.4. The highest BCUT2D eigenvalue weighted by molar-refractivity contribution is 5.96. The summed E-state index contributed by atoms with van der Waals surface area (Å²) in [7, 11) is 1.91. The van der Waals surface area contributed by atoms with Crippen LogP contribution in [0.5, 0.6) is 0 Å². The summed E-state index contributed by atoms with van der Waals surface area (Å²) in [5.74, 6) is 0.0115. The third-order valence-electron chi connectivity index (χ3n) is 6.64. The van der Waals surface area contributed by atoms with Crippen LogP contribution in [0.15, 0.2) is 78.9 Å². The number of hydrogen-bond donors (Lipinski definition) is 1. The normalized spacial score (nSPS) is 16.0. The van der Waals surface area contributed by atoms with Crippen molar-refractivity contribution in [2.75, 3.05) is 12.8 Å². The molecule has 0 unspecified atom stereocenters. The van der Waals surface area contributed by atoms with E-state index in [2.05, 4.69) is 18.2 Å². The SMILES string of the molecule is CN1C(=O)c2cc(-c3ccccc3)nn2-c2cc(-c3ccc(N)cc3)ccc2C12CC2. The molecule has 1 aromatic heterocycles. The highest BCUT2D eigenvalue weighted by atomic mass is 16.2. The van der Waals surface area contributed by atoms with Gasteiger partial charge in [0.05, 0.1) is 16.9 Å². The molecule has 1 amide bonds. The number of carbonyl (C=O) groups excluding carboxylic acids is 1. The second-order valence-corrected chi connectivity index (χ2v) is 8.44. The molecule has 0 saturated heterocycles. The van der Waals surface area contributed by atoms with Gasteiger partial charge in [0, 0.05) is 23.9 Å². The molecule has 0 atom stereocenters. The number of aromatic nitrogens is 2. The van der Waals surface area contributed by atoms with Gasteiger partial charge in [-0.1, -0.05) is 54.6 Å². The van der Waals surface area contributed by atoms with Crippen LogP contribution in [0.4, 0.5) is 5.69 Å². The lowest BCUT2D eigenvalue weighted by Gasteiger charge is -2.27. The molecule has 0 bridgehead atoms. The fourth-order valence-electron chi connectivity index (χ4n) is 4.69. The van der Waals surface area contributed by atoms with Crippen LogP contribution in [0.25, 0.3) is 28.1 Å². The van der Waals surface area contributed by atoms with Gasteiger partial charge in [0.1, 0.15) is 5.69 Å². The number of anilines is 1. The van der Waals surface area contributed by atoms with E-state index < -0.39 is 0 Å². The molecule has 5 heteroatoms. The zero-order chi connectivity index (χ0) is 21.2. The van der Waals surface area contributed by atoms with Crippen LogP contribution in [0.2, 0.25) is 0 Å². The van der Waals surface area contributed by atoms with E-state index in [1.54, 1.807) is 0 Å². The summed E-state index contributed by atoms with van der Waals surface area (Å²) < 4.78 is 1.84. The molecular formula is C26H22N4O. The molecular weight excluding hydrogens is 384 g/mol. The van der Waals surface area contributed by atoms with Crippen LogP contribution in [0.3, 0.4) is 0 Å². The van der Waals surface area contributed by atoms with Gasteiger partial charge in [-0.05, 0) is 48.2 Å². The first-order valence-corrected chi connectivity index (χ1v) is 10.5. The summed E-state index contributed by atoms with van der Waals surface area (Å²) >= 11 is 0. The molecule has 1 aliphatic carbocycles. The Kier molecular flexibility index (Phi) is 3.66. The predicted octanol–water partition coefficient (Wildman–Crippen LogP) is 4.86. The van der Waals surface area contributed by atoms with Crippen molar-refractivity contribution in [2.45, 2.75) is 18.4 Å². The van der Waals surface area contributed by atoms with Crippen LogP contribution in [0.1, 0.15) is 28.9 Å². The Balaban J connectivity index is 1.59. The molecule has 1 saturated carbocycles. The molecule has 2 aliphatic rings. The van der Waals surface area contributed by atoms with E-state index in [4.69, 9.17) is 10.8 Å². The molecule has 4 aromatic rings. The largest absolute Gasteiger partial charge is 0.399 e. The van der Waals surface area contributed by atoms with Crippen molar-refractivity contribution in [3.8, 4) is 28.1 Å². The fourth-order valence-corrected chi connectivity index (χ4v) is 4.69. The number of benzene rings is 3. The number of nitrogens with zero attached hydrogens (tertiary/aromatic N) is 3. The Morgan fingerprint density at radius 3 is 2.29 bits per heavy atom. The van der Waals surface area contributed by atoms with Crippen molar-refractivity contribution < 1.29 is 4.79 Å². The molecule has 2 heterocycles. The number of nitrogens with two attached hydrogens (primary N) is 1. The summed E-state index contributed by atoms with van der Waals surface area (Å²) in [4.78, 5) is 15.4. The van der Waals surface area contributed by atoms with Crippen LogP contribution < -0.4 is 5.73 Å². The monoisotopic (exact) mass is 406 g/mol. The number of fused-ring (bicyclic) bond motifs is 4. The minimum atomic E-state index is -0.236. The summed E-state index contributed by atoms with van der Waals surface area (Å²) in [6.45, 7) is 0. The van der Waals surface area contributed by atoms with Gasteiger partial charge >= 0.3 is 0 Å². The van der Waals surface area contributed by atoms with Crippen molar-refractivity contribution in [2.24, 2.45) is 0 Å². The van der Waals surface area contributed by atoms with Crippen molar-refractivity contribution in [1.82, 2.24) is 14.7 Å². The molecule has 2 N–H and O–H groups in total. The first-order chi connectivity index (χ1) is 15.1.